The Kier molecular flexibility index (Phi) is 6.11. The zero-order valence-corrected chi connectivity index (χ0v) is 10.4. The van der Waals surface area contributed by atoms with Gasteiger partial charge in [-0.3, -0.25) is 0 Å². The van der Waals surface area contributed by atoms with Crippen LogP contribution in [0.25, 0.3) is 0 Å². The summed E-state index contributed by atoms with van der Waals surface area (Å²) in [5.41, 5.74) is 0. The second-order valence-electron chi connectivity index (χ2n) is 1.53. The Morgan fingerprint density at radius 2 is 2.38 bits per heavy atom. The molecule has 0 aliphatic rings. The first-order valence-electron chi connectivity index (χ1n) is 2.99. The maximum absolute atomic E-state index is 5.43. The molecule has 0 bridgehead atoms. The highest BCUT2D eigenvalue weighted by molar-refractivity contribution is 6.55. The molecule has 0 N–H and O–H groups in total. The Bertz CT molecular complexity index is 47.8. The van der Waals surface area contributed by atoms with E-state index in [1.807, 2.05) is 0 Å². The van der Waals surface area contributed by atoms with Crippen molar-refractivity contribution in [2.75, 3.05) is 0 Å². The topological polar surface area (TPSA) is 18.5 Å². The first-order valence-corrected chi connectivity index (χ1v) is 7.56. The minimum atomic E-state index is -1.07. The van der Waals surface area contributed by atoms with Gasteiger partial charge in [-0.2, -0.15) is 0 Å². The van der Waals surface area contributed by atoms with E-state index in [1.54, 1.807) is 0 Å². The minimum absolute atomic E-state index is 0.196. The van der Waals surface area contributed by atoms with Gasteiger partial charge in [-0.15, -0.1) is 0 Å². The molecule has 0 aromatic rings. The van der Waals surface area contributed by atoms with Crippen molar-refractivity contribution in [3.63, 3.8) is 0 Å². The van der Waals surface area contributed by atoms with Gasteiger partial charge in [0.05, 0.1) is 0 Å². The molecule has 0 amide bonds. The van der Waals surface area contributed by atoms with Crippen LogP contribution in [-0.2, 0) is 8.23 Å². The molecule has 1 atom stereocenters. The largest absolute Gasteiger partial charge is 0.447 e. The van der Waals surface area contributed by atoms with Gasteiger partial charge >= 0.3 is 0 Å². The summed E-state index contributed by atoms with van der Waals surface area (Å²) in [5.74, 6) is 0. The molecule has 8 heavy (non-hydrogen) atoms. The summed E-state index contributed by atoms with van der Waals surface area (Å²) in [6.45, 7) is 4.29. The highest BCUT2D eigenvalue weighted by Gasteiger charge is 2.03. The van der Waals surface area contributed by atoms with Crippen LogP contribution in [0.15, 0.2) is 0 Å². The number of hydrogen-bond donors (Lipinski definition) is 0. The van der Waals surface area contributed by atoms with Crippen molar-refractivity contribution in [1.29, 1.82) is 0 Å². The number of hydrogen-bond acceptors (Lipinski definition) is 2. The highest BCUT2D eigenvalue weighted by atomic mass is 28.4. The van der Waals surface area contributed by atoms with E-state index >= 15 is 0 Å². The van der Waals surface area contributed by atoms with Crippen molar-refractivity contribution in [3.05, 3.63) is 0 Å². The fraction of sp³-hybridized carbons (Fsp3) is 1.00. The van der Waals surface area contributed by atoms with Crippen LogP contribution in [0.4, 0.5) is 0 Å². The zero-order valence-electron chi connectivity index (χ0n) is 5.81. The van der Waals surface area contributed by atoms with Crippen LogP contribution in [-0.4, -0.2) is 29.5 Å². The van der Waals surface area contributed by atoms with Crippen LogP contribution in [0.1, 0.15) is 6.92 Å². The van der Waals surface area contributed by atoms with E-state index in [2.05, 4.69) is 13.5 Å². The third-order valence-corrected chi connectivity index (χ3v) is 6.54. The molecule has 50 valence electrons. The monoisotopic (exact) mass is 166 g/mol. The summed E-state index contributed by atoms with van der Waals surface area (Å²) < 4.78 is 10.7. The van der Waals surface area contributed by atoms with Crippen LogP contribution < -0.4 is 0 Å². The molecule has 0 saturated carbocycles. The molecule has 1 unspecified atom stereocenters. The van der Waals surface area contributed by atoms with Crippen LogP contribution in [0.5, 0.6) is 0 Å². The number of rotatable bonds is 4. The van der Waals surface area contributed by atoms with Crippen LogP contribution in [0.2, 0.25) is 12.6 Å². The van der Waals surface area contributed by atoms with Gasteiger partial charge in [0.25, 0.3) is 9.28 Å². The minimum Gasteiger partial charge on any atom is -0.447 e. The Morgan fingerprint density at radius 1 is 1.75 bits per heavy atom. The summed E-state index contributed by atoms with van der Waals surface area (Å²) in [5, 5.41) is 0. The standard InChI is InChI=1S/C3H14O2Si3/c1-3-8(4-6)5-7-2/h8H,3,7H2,1-2,6H3. The third kappa shape index (κ3) is 3.56. The van der Waals surface area contributed by atoms with Crippen LogP contribution in [0, 0.1) is 0 Å². The van der Waals surface area contributed by atoms with Gasteiger partial charge in [-0.1, -0.05) is 13.5 Å². The molecule has 0 saturated heterocycles. The van der Waals surface area contributed by atoms with Gasteiger partial charge in [0.2, 0.25) is 0 Å². The van der Waals surface area contributed by atoms with Gasteiger partial charge in [0.1, 0.15) is 20.2 Å². The molecule has 0 fully saturated rings. The third-order valence-electron chi connectivity index (χ3n) is 0.949. The van der Waals surface area contributed by atoms with Gasteiger partial charge in [0, 0.05) is 0 Å². The van der Waals surface area contributed by atoms with Gasteiger partial charge in [-0.05, 0) is 6.04 Å². The molecule has 2 nitrogen and oxygen atoms in total. The van der Waals surface area contributed by atoms with E-state index in [0.717, 1.165) is 16.5 Å². The van der Waals surface area contributed by atoms with E-state index in [1.165, 1.54) is 0 Å². The fourth-order valence-electron chi connectivity index (χ4n) is 0.538. The molecule has 0 aromatic carbocycles. The summed E-state index contributed by atoms with van der Waals surface area (Å²) in [7, 11) is -0.410. The maximum Gasteiger partial charge on any atom is 0.299 e. The first-order chi connectivity index (χ1) is 3.85. The average molecular weight is 166 g/mol. The van der Waals surface area contributed by atoms with E-state index in [9.17, 15) is 0 Å². The Balaban J connectivity index is 3.07. The molecule has 0 radical (unpaired) electrons. The normalized spacial score (nSPS) is 15.8. The lowest BCUT2D eigenvalue weighted by atomic mass is 11.0. The van der Waals surface area contributed by atoms with Crippen molar-refractivity contribution in [2.45, 2.75) is 19.5 Å². The van der Waals surface area contributed by atoms with E-state index in [0.29, 0.717) is 0 Å². The quantitative estimate of drug-likeness (QED) is 0.482. The van der Waals surface area contributed by atoms with Crippen molar-refractivity contribution in [2.24, 2.45) is 0 Å². The lowest BCUT2D eigenvalue weighted by Gasteiger charge is -2.09. The molecular weight excluding hydrogens is 152 g/mol. The second kappa shape index (κ2) is 5.70. The SMILES string of the molecule is CC[SiH](O[SiH3])O[SiH2]C. The summed E-state index contributed by atoms with van der Waals surface area (Å²) in [6.07, 6.45) is 0. The van der Waals surface area contributed by atoms with Crippen LogP contribution in [0.3, 0.4) is 0 Å². The predicted molar refractivity (Wildman–Crippen MR) is 44.1 cm³/mol. The maximum atomic E-state index is 5.43. The Hall–Kier alpha value is 0.571. The van der Waals surface area contributed by atoms with E-state index in [-0.39, 0.29) is 9.76 Å². The predicted octanol–water partition coefficient (Wildman–Crippen LogP) is -1.33. The fourth-order valence-corrected chi connectivity index (χ4v) is 6.07. The Labute approximate surface area is 57.9 Å². The smallest absolute Gasteiger partial charge is 0.299 e. The van der Waals surface area contributed by atoms with Crippen molar-refractivity contribution < 1.29 is 8.23 Å². The van der Waals surface area contributed by atoms with Crippen molar-refractivity contribution >= 4 is 29.5 Å². The van der Waals surface area contributed by atoms with Crippen molar-refractivity contribution in [3.8, 4) is 0 Å². The van der Waals surface area contributed by atoms with Crippen LogP contribution >= 0.6 is 0 Å². The molecule has 0 rings (SSSR count). The summed E-state index contributed by atoms with van der Waals surface area (Å²) >= 11 is 0. The van der Waals surface area contributed by atoms with Gasteiger partial charge in [0.15, 0.2) is 0 Å². The van der Waals surface area contributed by atoms with E-state index in [4.69, 9.17) is 8.23 Å². The van der Waals surface area contributed by atoms with Gasteiger partial charge in [-0.25, -0.2) is 0 Å². The molecule has 0 aromatic heterocycles. The Morgan fingerprint density at radius 3 is 2.50 bits per heavy atom. The first kappa shape index (κ1) is 8.57. The zero-order chi connectivity index (χ0) is 6.41. The average Bonchev–Trinajstić information content (AvgIpc) is 1.83. The molecule has 0 heterocycles. The second-order valence-corrected chi connectivity index (χ2v) is 7.00. The van der Waals surface area contributed by atoms with E-state index < -0.39 is 9.28 Å². The van der Waals surface area contributed by atoms with Crippen molar-refractivity contribution in [1.82, 2.24) is 0 Å². The molecular formula is C3H14O2Si3. The highest BCUT2D eigenvalue weighted by Crippen LogP contribution is 1.90. The molecule has 5 heteroatoms. The lowest BCUT2D eigenvalue weighted by Crippen LogP contribution is -2.21. The summed E-state index contributed by atoms with van der Waals surface area (Å²) in [4.78, 5) is 0. The molecule has 0 aliphatic carbocycles. The molecule has 0 spiro atoms. The van der Waals surface area contributed by atoms with Gasteiger partial charge < -0.3 is 8.23 Å². The summed E-state index contributed by atoms with van der Waals surface area (Å²) in [6, 6.07) is 1.13. The molecule has 0 aliphatic heterocycles. The lowest BCUT2D eigenvalue weighted by molar-refractivity contribution is 0.464.